The topological polar surface area (TPSA) is 52.7 Å². The molecule has 0 spiro atoms. The number of rotatable bonds is 4. The number of para-hydroxylation sites is 1. The standard InChI is InChI=1S/C23H28FN3O2/c1-16-13-17(2)15-18(14-16)25-21(28)23(3,4)22(29)27-11-9-26(10-12-27)20-8-6-5-7-19(20)24/h5-8,13-15H,9-12H2,1-4H3,(H,25,28). The molecule has 0 atom stereocenters. The van der Waals surface area contributed by atoms with Crippen LogP contribution in [0.25, 0.3) is 0 Å². The Bertz CT molecular complexity index is 898. The predicted molar refractivity (Wildman–Crippen MR) is 114 cm³/mol. The first kappa shape index (κ1) is 20.8. The molecule has 2 amide bonds. The lowest BCUT2D eigenvalue weighted by Crippen LogP contribution is -2.54. The minimum absolute atomic E-state index is 0.215. The van der Waals surface area contributed by atoms with Gasteiger partial charge in [-0.1, -0.05) is 18.2 Å². The molecule has 3 rings (SSSR count). The number of nitrogens with one attached hydrogen (secondary N) is 1. The Kier molecular flexibility index (Phi) is 5.91. The van der Waals surface area contributed by atoms with E-state index in [1.165, 1.54) is 6.07 Å². The van der Waals surface area contributed by atoms with Gasteiger partial charge in [-0.05, 0) is 63.1 Å². The Labute approximate surface area is 171 Å². The number of hydrogen-bond donors (Lipinski definition) is 1. The van der Waals surface area contributed by atoms with Gasteiger partial charge in [-0.3, -0.25) is 9.59 Å². The van der Waals surface area contributed by atoms with Crippen molar-refractivity contribution in [3.8, 4) is 0 Å². The summed E-state index contributed by atoms with van der Waals surface area (Å²) in [5.74, 6) is -0.808. The maximum atomic E-state index is 14.0. The summed E-state index contributed by atoms with van der Waals surface area (Å²) in [6, 6.07) is 12.4. The number of carbonyl (C=O) groups is 2. The van der Waals surface area contributed by atoms with Crippen LogP contribution in [0.1, 0.15) is 25.0 Å². The van der Waals surface area contributed by atoms with Crippen molar-refractivity contribution >= 4 is 23.2 Å². The van der Waals surface area contributed by atoms with Crippen LogP contribution in [0.4, 0.5) is 15.8 Å². The fourth-order valence-electron chi connectivity index (χ4n) is 3.69. The second-order valence-electron chi connectivity index (χ2n) is 8.19. The largest absolute Gasteiger partial charge is 0.366 e. The van der Waals surface area contributed by atoms with Crippen LogP contribution >= 0.6 is 0 Å². The predicted octanol–water partition coefficient (Wildman–Crippen LogP) is 3.76. The molecule has 2 aromatic carbocycles. The van der Waals surface area contributed by atoms with E-state index in [1.807, 2.05) is 36.9 Å². The average Bonchev–Trinajstić information content (AvgIpc) is 2.67. The number of piperazine rings is 1. The van der Waals surface area contributed by atoms with Crippen molar-refractivity contribution < 1.29 is 14.0 Å². The van der Waals surface area contributed by atoms with Crippen molar-refractivity contribution in [3.63, 3.8) is 0 Å². The van der Waals surface area contributed by atoms with E-state index in [-0.39, 0.29) is 17.6 Å². The fourth-order valence-corrected chi connectivity index (χ4v) is 3.69. The summed E-state index contributed by atoms with van der Waals surface area (Å²) in [5, 5.41) is 2.88. The van der Waals surface area contributed by atoms with E-state index in [2.05, 4.69) is 5.32 Å². The number of nitrogens with zero attached hydrogens (tertiary/aromatic N) is 2. The van der Waals surface area contributed by atoms with Gasteiger partial charge in [-0.2, -0.15) is 0 Å². The van der Waals surface area contributed by atoms with E-state index in [0.717, 1.165) is 11.1 Å². The molecule has 1 aliphatic heterocycles. The summed E-state index contributed by atoms with van der Waals surface area (Å²) in [5.41, 5.74) is 2.14. The van der Waals surface area contributed by atoms with Crippen LogP contribution in [-0.4, -0.2) is 42.9 Å². The minimum Gasteiger partial charge on any atom is -0.366 e. The zero-order valence-corrected chi connectivity index (χ0v) is 17.5. The Morgan fingerprint density at radius 2 is 1.55 bits per heavy atom. The number of aryl methyl sites for hydroxylation is 2. The van der Waals surface area contributed by atoms with Crippen molar-refractivity contribution in [2.24, 2.45) is 5.41 Å². The molecule has 0 saturated carbocycles. The smallest absolute Gasteiger partial charge is 0.239 e. The third-order valence-corrected chi connectivity index (χ3v) is 5.34. The van der Waals surface area contributed by atoms with E-state index in [4.69, 9.17) is 0 Å². The van der Waals surface area contributed by atoms with Crippen molar-refractivity contribution in [2.75, 3.05) is 36.4 Å². The third kappa shape index (κ3) is 4.58. The number of hydrogen-bond acceptors (Lipinski definition) is 3. The van der Waals surface area contributed by atoms with Crippen LogP contribution in [0.2, 0.25) is 0 Å². The zero-order chi connectivity index (χ0) is 21.2. The summed E-state index contributed by atoms with van der Waals surface area (Å²) in [6.45, 7) is 9.19. The molecule has 29 heavy (non-hydrogen) atoms. The highest BCUT2D eigenvalue weighted by Gasteiger charge is 2.40. The molecule has 2 aromatic rings. The van der Waals surface area contributed by atoms with Crippen molar-refractivity contribution in [3.05, 3.63) is 59.4 Å². The summed E-state index contributed by atoms with van der Waals surface area (Å²) in [7, 11) is 0. The van der Waals surface area contributed by atoms with Crippen LogP contribution in [0, 0.1) is 25.1 Å². The number of amides is 2. The fraction of sp³-hybridized carbons (Fsp3) is 0.391. The Hall–Kier alpha value is -2.89. The molecule has 1 heterocycles. The molecule has 0 aliphatic carbocycles. The quantitative estimate of drug-likeness (QED) is 0.800. The van der Waals surface area contributed by atoms with Gasteiger partial charge in [0.25, 0.3) is 0 Å². The molecule has 5 nitrogen and oxygen atoms in total. The molecule has 1 aliphatic rings. The van der Waals surface area contributed by atoms with E-state index in [9.17, 15) is 14.0 Å². The first-order valence-electron chi connectivity index (χ1n) is 9.87. The normalized spacial score (nSPS) is 14.7. The molecule has 154 valence electrons. The van der Waals surface area contributed by atoms with Gasteiger partial charge in [0.2, 0.25) is 11.8 Å². The second kappa shape index (κ2) is 8.23. The van der Waals surface area contributed by atoms with E-state index < -0.39 is 5.41 Å². The van der Waals surface area contributed by atoms with Gasteiger partial charge in [0.05, 0.1) is 5.69 Å². The Morgan fingerprint density at radius 3 is 2.14 bits per heavy atom. The molecule has 0 bridgehead atoms. The van der Waals surface area contributed by atoms with Crippen LogP contribution in [-0.2, 0) is 9.59 Å². The first-order valence-corrected chi connectivity index (χ1v) is 9.87. The summed E-state index contributed by atoms with van der Waals surface area (Å²) in [6.07, 6.45) is 0. The van der Waals surface area contributed by atoms with Crippen LogP contribution < -0.4 is 10.2 Å². The van der Waals surface area contributed by atoms with Gasteiger partial charge < -0.3 is 15.1 Å². The highest BCUT2D eigenvalue weighted by atomic mass is 19.1. The van der Waals surface area contributed by atoms with Crippen molar-refractivity contribution in [1.82, 2.24) is 4.90 Å². The highest BCUT2D eigenvalue weighted by molar-refractivity contribution is 6.10. The lowest BCUT2D eigenvalue weighted by molar-refractivity contribution is -0.146. The monoisotopic (exact) mass is 397 g/mol. The number of halogens is 1. The number of benzene rings is 2. The molecule has 1 fully saturated rings. The minimum atomic E-state index is -1.20. The van der Waals surface area contributed by atoms with Crippen LogP contribution in [0.15, 0.2) is 42.5 Å². The van der Waals surface area contributed by atoms with Crippen LogP contribution in [0.3, 0.4) is 0 Å². The second-order valence-corrected chi connectivity index (χ2v) is 8.19. The maximum absolute atomic E-state index is 14.0. The molecular weight excluding hydrogens is 369 g/mol. The molecule has 0 radical (unpaired) electrons. The first-order chi connectivity index (χ1) is 13.7. The summed E-state index contributed by atoms with van der Waals surface area (Å²) >= 11 is 0. The van der Waals surface area contributed by atoms with Gasteiger partial charge in [-0.25, -0.2) is 4.39 Å². The molecule has 0 unspecified atom stereocenters. The lowest BCUT2D eigenvalue weighted by Gasteiger charge is -2.39. The van der Waals surface area contributed by atoms with Gasteiger partial charge in [0.15, 0.2) is 0 Å². The number of carbonyl (C=O) groups excluding carboxylic acids is 2. The van der Waals surface area contributed by atoms with Crippen molar-refractivity contribution in [2.45, 2.75) is 27.7 Å². The summed E-state index contributed by atoms with van der Waals surface area (Å²) in [4.78, 5) is 29.5. The SMILES string of the molecule is Cc1cc(C)cc(NC(=O)C(C)(C)C(=O)N2CCN(c3ccccc3F)CC2)c1. The Balaban J connectivity index is 1.64. The van der Waals surface area contributed by atoms with Gasteiger partial charge >= 0.3 is 0 Å². The molecule has 0 aromatic heterocycles. The molecule has 6 heteroatoms. The third-order valence-electron chi connectivity index (χ3n) is 5.34. The Morgan fingerprint density at radius 1 is 0.966 bits per heavy atom. The highest BCUT2D eigenvalue weighted by Crippen LogP contribution is 2.25. The average molecular weight is 397 g/mol. The van der Waals surface area contributed by atoms with E-state index >= 15 is 0 Å². The van der Waals surface area contributed by atoms with Gasteiger partial charge in [-0.15, -0.1) is 0 Å². The maximum Gasteiger partial charge on any atom is 0.239 e. The molecular formula is C23H28FN3O2. The summed E-state index contributed by atoms with van der Waals surface area (Å²) < 4.78 is 14.0. The van der Waals surface area contributed by atoms with Gasteiger partial charge in [0.1, 0.15) is 11.2 Å². The van der Waals surface area contributed by atoms with Crippen molar-refractivity contribution in [1.29, 1.82) is 0 Å². The molecule has 1 N–H and O–H groups in total. The number of anilines is 2. The molecule has 1 saturated heterocycles. The van der Waals surface area contributed by atoms with Crippen LogP contribution in [0.5, 0.6) is 0 Å². The zero-order valence-electron chi connectivity index (χ0n) is 17.5. The van der Waals surface area contributed by atoms with E-state index in [0.29, 0.717) is 37.6 Å². The van der Waals surface area contributed by atoms with Gasteiger partial charge in [0, 0.05) is 31.9 Å². The van der Waals surface area contributed by atoms with E-state index in [1.54, 1.807) is 36.9 Å². The lowest BCUT2D eigenvalue weighted by atomic mass is 9.89.